The predicted octanol–water partition coefficient (Wildman–Crippen LogP) is 1.79. The van der Waals surface area contributed by atoms with Gasteiger partial charge in [0.1, 0.15) is 22.9 Å². The largest absolute Gasteiger partial charge is 0.510 e. The van der Waals surface area contributed by atoms with Gasteiger partial charge in [0.2, 0.25) is 11.7 Å². The van der Waals surface area contributed by atoms with Crippen LogP contribution in [0.1, 0.15) is 49.0 Å². The summed E-state index contributed by atoms with van der Waals surface area (Å²) >= 11 is 0. The van der Waals surface area contributed by atoms with Crippen LogP contribution < -0.4 is 5.32 Å². The standard InChI is InChI=1S/C29H34FN3O8/c1-13(34)19-25(38)22(32(3)4)15-11-28(2)10-14-16(30)9-17(31-18(35)12-33-7-5-6-8-33)23(36)20(14)24(37)21(28)27(40)29(15,41)26(19)39/h9,15,22,36,38,40-41H,5-8,10-12H2,1-4H3,(H,31,35)/t15-,22-,28-,29+/m0/s1. The van der Waals surface area contributed by atoms with E-state index in [-0.39, 0.29) is 30.6 Å². The van der Waals surface area contributed by atoms with Gasteiger partial charge in [-0.2, -0.15) is 0 Å². The van der Waals surface area contributed by atoms with E-state index < -0.39 is 86.0 Å². The number of phenolic OH excluding ortho intramolecular Hbond substituents is 1. The number of aromatic hydroxyl groups is 1. The molecular weight excluding hydrogens is 537 g/mol. The van der Waals surface area contributed by atoms with Crippen LogP contribution in [-0.2, 0) is 20.8 Å². The number of rotatable bonds is 5. The number of nitrogens with zero attached hydrogens (tertiary/aromatic N) is 2. The van der Waals surface area contributed by atoms with Crippen LogP contribution in [0.3, 0.4) is 0 Å². The van der Waals surface area contributed by atoms with Gasteiger partial charge in [-0.05, 0) is 59.8 Å². The van der Waals surface area contributed by atoms with Crippen LogP contribution in [0.2, 0.25) is 0 Å². The van der Waals surface area contributed by atoms with Crippen LogP contribution in [-0.4, -0.2) is 98.9 Å². The Morgan fingerprint density at radius 3 is 2.39 bits per heavy atom. The number of likely N-dealkylation sites (N-methyl/N-ethyl adjacent to an activating group) is 1. The molecule has 0 unspecified atom stereocenters. The highest BCUT2D eigenvalue weighted by Gasteiger charge is 2.65. The van der Waals surface area contributed by atoms with Crippen molar-refractivity contribution < 1.29 is 44.0 Å². The van der Waals surface area contributed by atoms with Crippen molar-refractivity contribution in [2.24, 2.45) is 11.3 Å². The smallest absolute Gasteiger partial charge is 0.238 e. The Bertz CT molecular complexity index is 1460. The Morgan fingerprint density at radius 2 is 1.80 bits per heavy atom. The third kappa shape index (κ3) is 4.19. The number of hydrogen-bond donors (Lipinski definition) is 5. The average molecular weight is 572 g/mol. The van der Waals surface area contributed by atoms with Crippen LogP contribution in [0, 0.1) is 17.2 Å². The molecule has 3 aliphatic carbocycles. The van der Waals surface area contributed by atoms with E-state index in [9.17, 15) is 39.6 Å². The number of anilines is 1. The number of aliphatic hydroxyl groups is 3. The lowest BCUT2D eigenvalue weighted by molar-refractivity contribution is -0.150. The number of aliphatic hydroxyl groups excluding tert-OH is 2. The van der Waals surface area contributed by atoms with E-state index in [0.29, 0.717) is 0 Å². The number of carbonyl (C=O) groups excluding carboxylic acids is 4. The molecule has 220 valence electrons. The van der Waals surface area contributed by atoms with E-state index >= 15 is 4.39 Å². The maximum Gasteiger partial charge on any atom is 0.238 e. The fraction of sp³-hybridized carbons (Fsp3) is 0.517. The van der Waals surface area contributed by atoms with E-state index in [1.807, 2.05) is 4.90 Å². The van der Waals surface area contributed by atoms with E-state index in [1.54, 1.807) is 21.0 Å². The van der Waals surface area contributed by atoms with E-state index in [0.717, 1.165) is 38.9 Å². The molecule has 1 aliphatic heterocycles. The third-order valence-electron chi connectivity index (χ3n) is 9.02. The molecule has 1 fully saturated rings. The number of carbonyl (C=O) groups is 4. The van der Waals surface area contributed by atoms with Gasteiger partial charge < -0.3 is 25.7 Å². The van der Waals surface area contributed by atoms with Crippen molar-refractivity contribution >= 4 is 28.9 Å². The number of allylic oxidation sites excluding steroid dienone is 1. The second kappa shape index (κ2) is 9.74. The Balaban J connectivity index is 1.62. The van der Waals surface area contributed by atoms with Gasteiger partial charge in [0.05, 0.1) is 23.8 Å². The van der Waals surface area contributed by atoms with Crippen LogP contribution >= 0.6 is 0 Å². The fourth-order valence-corrected chi connectivity index (χ4v) is 7.18. The van der Waals surface area contributed by atoms with Gasteiger partial charge in [-0.15, -0.1) is 0 Å². The highest BCUT2D eigenvalue weighted by Crippen LogP contribution is 2.58. The Hall–Kier alpha value is -3.61. The third-order valence-corrected chi connectivity index (χ3v) is 9.02. The molecule has 0 spiro atoms. The average Bonchev–Trinajstić information content (AvgIpc) is 3.37. The molecule has 5 rings (SSSR count). The molecule has 0 bridgehead atoms. The number of Topliss-reactive ketones (excluding diaryl/α,β-unsaturated/α-hetero) is 3. The number of likely N-dealkylation sites (tertiary alicyclic amines) is 1. The van der Waals surface area contributed by atoms with E-state index in [1.165, 1.54) is 4.90 Å². The van der Waals surface area contributed by atoms with E-state index in [2.05, 4.69) is 5.32 Å². The van der Waals surface area contributed by atoms with Crippen molar-refractivity contribution in [3.05, 3.63) is 45.7 Å². The van der Waals surface area contributed by atoms with Crippen molar-refractivity contribution in [3.63, 3.8) is 0 Å². The van der Waals surface area contributed by atoms with Gasteiger partial charge in [-0.3, -0.25) is 29.0 Å². The number of nitrogens with one attached hydrogen (secondary N) is 1. The summed E-state index contributed by atoms with van der Waals surface area (Å²) in [6.07, 6.45) is 1.56. The highest BCUT2D eigenvalue weighted by atomic mass is 19.1. The molecule has 4 atom stereocenters. The zero-order valence-corrected chi connectivity index (χ0v) is 23.4. The normalized spacial score (nSPS) is 29.9. The number of fused-ring (bicyclic) bond motifs is 3. The lowest BCUT2D eigenvalue weighted by atomic mass is 9.53. The molecule has 12 heteroatoms. The summed E-state index contributed by atoms with van der Waals surface area (Å²) in [6, 6.07) is -0.138. The van der Waals surface area contributed by atoms with Gasteiger partial charge in [0, 0.05) is 28.5 Å². The quantitative estimate of drug-likeness (QED) is 0.260. The Kier molecular flexibility index (Phi) is 6.87. The SMILES string of the molecule is CC(=O)C1=C(O)[C@@H](N(C)C)[C@@H]2C[C@]3(C)Cc4c(F)cc(NC(=O)CN5CCCC5)c(O)c4C(=O)C3=C(O)[C@]2(O)C1=O. The fourth-order valence-electron chi connectivity index (χ4n) is 7.18. The van der Waals surface area contributed by atoms with Gasteiger partial charge >= 0.3 is 0 Å². The monoisotopic (exact) mass is 571 g/mol. The second-order valence-electron chi connectivity index (χ2n) is 12.1. The minimum Gasteiger partial charge on any atom is -0.510 e. The molecule has 5 N–H and O–H groups in total. The van der Waals surface area contributed by atoms with Crippen molar-refractivity contribution in [2.45, 2.75) is 51.2 Å². The molecule has 4 aliphatic rings. The van der Waals surface area contributed by atoms with Crippen molar-refractivity contribution in [2.75, 3.05) is 39.0 Å². The second-order valence-corrected chi connectivity index (χ2v) is 12.1. The first-order valence-electron chi connectivity index (χ1n) is 13.6. The van der Waals surface area contributed by atoms with Crippen molar-refractivity contribution in [1.29, 1.82) is 0 Å². The summed E-state index contributed by atoms with van der Waals surface area (Å²) < 4.78 is 15.5. The lowest BCUT2D eigenvalue weighted by Gasteiger charge is -2.53. The minimum absolute atomic E-state index is 0.0263. The molecule has 1 heterocycles. The van der Waals surface area contributed by atoms with Crippen LogP contribution in [0.15, 0.2) is 28.7 Å². The summed E-state index contributed by atoms with van der Waals surface area (Å²) in [5.74, 6) is -7.88. The molecule has 0 radical (unpaired) electrons. The first-order chi connectivity index (χ1) is 19.1. The first-order valence-corrected chi connectivity index (χ1v) is 13.6. The molecule has 1 amide bonds. The zero-order chi connectivity index (χ0) is 30.2. The number of phenols is 1. The predicted molar refractivity (Wildman–Crippen MR) is 144 cm³/mol. The highest BCUT2D eigenvalue weighted by molar-refractivity contribution is 6.25. The summed E-state index contributed by atoms with van der Waals surface area (Å²) in [5, 5.41) is 47.8. The van der Waals surface area contributed by atoms with Gasteiger partial charge in [-0.1, -0.05) is 6.92 Å². The molecular formula is C29H34FN3O8. The number of benzene rings is 1. The minimum atomic E-state index is -2.74. The molecule has 0 saturated carbocycles. The van der Waals surface area contributed by atoms with Gasteiger partial charge in [-0.25, -0.2) is 4.39 Å². The van der Waals surface area contributed by atoms with Crippen LogP contribution in [0.25, 0.3) is 0 Å². The molecule has 1 aromatic rings. The number of halogens is 1. The molecule has 0 aromatic heterocycles. The maximum absolute atomic E-state index is 15.5. The van der Waals surface area contributed by atoms with E-state index in [4.69, 9.17) is 0 Å². The maximum atomic E-state index is 15.5. The molecule has 1 aromatic carbocycles. The molecule has 1 saturated heterocycles. The molecule has 11 nitrogen and oxygen atoms in total. The number of ketones is 3. The van der Waals surface area contributed by atoms with Gasteiger partial charge in [0.15, 0.2) is 22.9 Å². The Morgan fingerprint density at radius 1 is 1.17 bits per heavy atom. The number of hydrogen-bond acceptors (Lipinski definition) is 10. The van der Waals surface area contributed by atoms with Crippen molar-refractivity contribution in [3.8, 4) is 5.75 Å². The first kappa shape index (κ1) is 28.9. The van der Waals surface area contributed by atoms with Gasteiger partial charge in [0.25, 0.3) is 0 Å². The lowest BCUT2D eigenvalue weighted by Crippen LogP contribution is -2.64. The summed E-state index contributed by atoms with van der Waals surface area (Å²) in [6.45, 7) is 4.10. The zero-order valence-electron chi connectivity index (χ0n) is 23.4. The summed E-state index contributed by atoms with van der Waals surface area (Å²) in [5.41, 5.74) is -6.07. The van der Waals surface area contributed by atoms with Crippen LogP contribution in [0.4, 0.5) is 10.1 Å². The number of amides is 1. The topological polar surface area (TPSA) is 168 Å². The summed E-state index contributed by atoms with van der Waals surface area (Å²) in [7, 11) is 3.12. The Labute approximate surface area is 235 Å². The van der Waals surface area contributed by atoms with Crippen molar-refractivity contribution in [1.82, 2.24) is 9.80 Å². The van der Waals surface area contributed by atoms with Crippen LogP contribution in [0.5, 0.6) is 5.75 Å². The molecule has 41 heavy (non-hydrogen) atoms. The summed E-state index contributed by atoms with van der Waals surface area (Å²) in [4.78, 5) is 55.8.